The maximum Gasteiger partial charge on any atom is 0.172 e. The number of benzene rings is 2. The normalized spacial score (nSPS) is 15.1. The Morgan fingerprint density at radius 3 is 1.25 bits per heavy atom. The van der Waals surface area contributed by atoms with Crippen LogP contribution in [0.2, 0.25) is 0 Å². The zero-order valence-electron chi connectivity index (χ0n) is 33.2. The fourth-order valence-electron chi connectivity index (χ4n) is 6.53. The first-order valence-corrected chi connectivity index (χ1v) is 24.6. The highest BCUT2D eigenvalue weighted by molar-refractivity contribution is 8.76. The van der Waals surface area contributed by atoms with E-state index in [0.717, 1.165) is 37.4 Å². The lowest BCUT2D eigenvalue weighted by Crippen LogP contribution is -2.36. The molecule has 0 saturated heterocycles. The van der Waals surface area contributed by atoms with Crippen molar-refractivity contribution in [2.24, 2.45) is 0 Å². The zero-order chi connectivity index (χ0) is 40.9. The van der Waals surface area contributed by atoms with Crippen LogP contribution in [0.5, 0.6) is 0 Å². The molecule has 0 amide bonds. The molecule has 0 radical (unpaired) electrons. The number of aromatic nitrogens is 2. The van der Waals surface area contributed by atoms with E-state index in [1.807, 2.05) is 21.6 Å². The van der Waals surface area contributed by atoms with Gasteiger partial charge in [0.05, 0.1) is 31.7 Å². The molecule has 2 aliphatic rings. The number of allylic oxidation sites excluding steroid dienone is 2. The van der Waals surface area contributed by atoms with Crippen LogP contribution < -0.4 is 18.9 Å². The number of fused-ring (bicyclic) bond motifs is 2. The van der Waals surface area contributed by atoms with Crippen molar-refractivity contribution in [2.45, 2.75) is 51.6 Å². The van der Waals surface area contributed by atoms with E-state index in [1.54, 1.807) is 0 Å². The topological polar surface area (TPSA) is 129 Å². The van der Waals surface area contributed by atoms with Crippen molar-refractivity contribution in [3.05, 3.63) is 119 Å². The van der Waals surface area contributed by atoms with Crippen molar-refractivity contribution in [1.82, 2.24) is 0 Å². The summed E-state index contributed by atoms with van der Waals surface area (Å²) in [6, 6.07) is 22.5. The summed E-state index contributed by atoms with van der Waals surface area (Å²) < 4.78 is 59.2. The average Bonchev–Trinajstić information content (AvgIpc) is 3.12. The molecule has 0 fully saturated rings. The number of anilines is 2. The van der Waals surface area contributed by atoms with Gasteiger partial charge in [-0.1, -0.05) is 58.0 Å². The van der Waals surface area contributed by atoms with E-state index >= 15 is 0 Å². The van der Waals surface area contributed by atoms with Crippen molar-refractivity contribution >= 4 is 76.5 Å². The Balaban J connectivity index is 0.000000620. The van der Waals surface area contributed by atoms with E-state index in [9.17, 15) is 0 Å². The molecule has 10 nitrogen and oxygen atoms in total. The summed E-state index contributed by atoms with van der Waals surface area (Å²) in [5.74, 6) is 2.24. The lowest BCUT2D eigenvalue weighted by atomic mass is 9.87. The van der Waals surface area contributed by atoms with Crippen LogP contribution in [0.3, 0.4) is 0 Å². The molecule has 0 N–H and O–H groups in total. The molecule has 6 rings (SSSR count). The predicted molar refractivity (Wildman–Crippen MR) is 233 cm³/mol. The third-order valence-electron chi connectivity index (χ3n) is 9.13. The Morgan fingerprint density at radius 1 is 0.589 bits per heavy atom. The highest BCUT2D eigenvalue weighted by Gasteiger charge is 2.19. The SMILES string of the molecule is CN(C)c1ccc(C=C2CCCc3c[n+](CCSSCC[n+]4ccc5c(c4)CCCC5=Cc4ccc(N(C)C)cc4)ccc32)cc1.CS(=O)(=O)[O-].CS(=O)(=O)[O-]. The second-order valence-corrected chi connectivity index (χ2v) is 19.8. The fourth-order valence-corrected chi connectivity index (χ4v) is 8.49. The van der Waals surface area contributed by atoms with Crippen LogP contribution in [0.1, 0.15) is 59.1 Å². The standard InChI is InChI=1S/C40H48N4S2.2CH4O3S/c1-41(2)37-15-11-31(12-16-37)27-33-7-5-9-35-29-43(21-19-39(33)35)23-25-45-46-26-24-44-22-20-40-34(8-6-10-36(40)30-44)28-32-13-17-38(18-14-32)42(3)4;2*1-5(2,3)4/h11-22,27-30H,5-10,23-26H2,1-4H3;2*1H3,(H,2,3,4)/q+2;;/p-2. The third kappa shape index (κ3) is 16.1. The Hall–Kier alpha value is -3.66. The van der Waals surface area contributed by atoms with Crippen molar-refractivity contribution in [3.8, 4) is 0 Å². The van der Waals surface area contributed by atoms with Crippen LogP contribution in [-0.4, -0.2) is 78.1 Å². The lowest BCUT2D eigenvalue weighted by Gasteiger charge is -2.18. The van der Waals surface area contributed by atoms with Crippen LogP contribution in [0.4, 0.5) is 11.4 Å². The monoisotopic (exact) mass is 838 g/mol. The van der Waals surface area contributed by atoms with E-state index in [2.05, 4.69) is 145 Å². The van der Waals surface area contributed by atoms with Gasteiger partial charge in [-0.2, -0.15) is 0 Å². The molecule has 0 bridgehead atoms. The van der Waals surface area contributed by atoms with Gasteiger partial charge in [-0.05, 0) is 96.2 Å². The van der Waals surface area contributed by atoms with Gasteiger partial charge in [0.25, 0.3) is 0 Å². The minimum Gasteiger partial charge on any atom is -0.748 e. The summed E-state index contributed by atoms with van der Waals surface area (Å²) in [5.41, 5.74) is 13.9. The van der Waals surface area contributed by atoms with Crippen LogP contribution in [-0.2, 0) is 46.2 Å². The maximum absolute atomic E-state index is 9.08. The van der Waals surface area contributed by atoms with Crippen molar-refractivity contribution < 1.29 is 35.1 Å². The number of nitrogens with zero attached hydrogens (tertiary/aromatic N) is 4. The molecule has 2 aliphatic carbocycles. The lowest BCUT2D eigenvalue weighted by molar-refractivity contribution is -0.693. The highest BCUT2D eigenvalue weighted by atomic mass is 33.1. The molecular weight excluding hydrogens is 785 g/mol. The second-order valence-electron chi connectivity index (χ2n) is 14.3. The molecular formula is C42H54N4O6S4. The summed E-state index contributed by atoms with van der Waals surface area (Å²) in [6.07, 6.45) is 22.5. The van der Waals surface area contributed by atoms with E-state index in [4.69, 9.17) is 25.9 Å². The molecule has 2 aromatic carbocycles. The van der Waals surface area contributed by atoms with E-state index in [1.165, 1.54) is 81.6 Å². The summed E-state index contributed by atoms with van der Waals surface area (Å²) in [7, 11) is 4.53. The van der Waals surface area contributed by atoms with E-state index in [-0.39, 0.29) is 0 Å². The van der Waals surface area contributed by atoms with Crippen LogP contribution in [0, 0.1) is 0 Å². The smallest absolute Gasteiger partial charge is 0.172 e. The Bertz CT molecular complexity index is 2010. The molecule has 4 aromatic rings. The van der Waals surface area contributed by atoms with Gasteiger partial charge in [0.15, 0.2) is 37.9 Å². The quantitative estimate of drug-likeness (QED) is 0.0710. The first-order chi connectivity index (χ1) is 26.4. The summed E-state index contributed by atoms with van der Waals surface area (Å²) in [6.45, 7) is 2.10. The zero-order valence-corrected chi connectivity index (χ0v) is 36.4. The van der Waals surface area contributed by atoms with Crippen LogP contribution in [0.15, 0.2) is 85.5 Å². The van der Waals surface area contributed by atoms with Crippen molar-refractivity contribution in [1.29, 1.82) is 0 Å². The van der Waals surface area contributed by atoms with Crippen molar-refractivity contribution in [3.63, 3.8) is 0 Å². The van der Waals surface area contributed by atoms with E-state index < -0.39 is 20.2 Å². The molecule has 14 heteroatoms. The molecule has 0 spiro atoms. The Kier molecular flexibility index (Phi) is 17.1. The summed E-state index contributed by atoms with van der Waals surface area (Å²) in [5, 5.41) is 0. The van der Waals surface area contributed by atoms with Gasteiger partial charge in [0.2, 0.25) is 0 Å². The van der Waals surface area contributed by atoms with Gasteiger partial charge in [-0.15, -0.1) is 0 Å². The first-order valence-electron chi connectivity index (χ1n) is 18.5. The highest BCUT2D eigenvalue weighted by Crippen LogP contribution is 2.33. The number of hydrogen-bond acceptors (Lipinski definition) is 10. The Morgan fingerprint density at radius 2 is 0.929 bits per heavy atom. The second kappa shape index (κ2) is 21.2. The maximum atomic E-state index is 9.08. The van der Waals surface area contributed by atoms with Gasteiger partial charge in [0, 0.05) is 75.3 Å². The number of aryl methyl sites for hydroxylation is 4. The minimum absolute atomic E-state index is 0.604. The molecule has 0 saturated carbocycles. The van der Waals surface area contributed by atoms with Gasteiger partial charge in [-0.25, -0.2) is 26.0 Å². The summed E-state index contributed by atoms with van der Waals surface area (Å²) in [4.78, 5) is 4.30. The molecule has 2 heterocycles. The van der Waals surface area contributed by atoms with Crippen LogP contribution in [0.25, 0.3) is 23.3 Å². The fraction of sp³-hybridized carbons (Fsp3) is 0.381. The number of pyridine rings is 2. The summed E-state index contributed by atoms with van der Waals surface area (Å²) >= 11 is 0. The number of rotatable bonds is 11. The largest absolute Gasteiger partial charge is 0.748 e. The number of hydrogen-bond donors (Lipinski definition) is 0. The molecule has 0 aliphatic heterocycles. The van der Waals surface area contributed by atoms with Gasteiger partial charge < -0.3 is 18.9 Å². The molecule has 2 aromatic heterocycles. The van der Waals surface area contributed by atoms with Gasteiger partial charge >= 0.3 is 0 Å². The third-order valence-corrected chi connectivity index (χ3v) is 11.5. The van der Waals surface area contributed by atoms with Gasteiger partial charge in [-0.3, -0.25) is 0 Å². The average molecular weight is 839 g/mol. The van der Waals surface area contributed by atoms with Crippen LogP contribution >= 0.6 is 21.6 Å². The molecule has 0 atom stereocenters. The first kappa shape index (κ1) is 45.0. The predicted octanol–water partition coefficient (Wildman–Crippen LogP) is 6.55. The minimum atomic E-state index is -3.92. The molecule has 302 valence electrons. The molecule has 0 unspecified atom stereocenters. The Labute approximate surface area is 342 Å². The molecule has 56 heavy (non-hydrogen) atoms. The van der Waals surface area contributed by atoms with Crippen molar-refractivity contribution in [2.75, 3.05) is 62.0 Å². The van der Waals surface area contributed by atoms with E-state index in [0.29, 0.717) is 12.5 Å². The van der Waals surface area contributed by atoms with Gasteiger partial charge in [0.1, 0.15) is 0 Å².